The molecule has 0 radical (unpaired) electrons. The van der Waals surface area contributed by atoms with Crippen molar-refractivity contribution >= 4 is 22.5 Å². The number of pyridine rings is 1. The molecule has 2 heterocycles. The smallest absolute Gasteiger partial charge is 0.258 e. The van der Waals surface area contributed by atoms with Crippen molar-refractivity contribution in [2.45, 2.75) is 13.3 Å². The van der Waals surface area contributed by atoms with Gasteiger partial charge in [-0.2, -0.15) is 0 Å². The maximum absolute atomic E-state index is 12.8. The molecule has 108 valence electrons. The predicted molar refractivity (Wildman–Crippen MR) is 88.3 cm³/mol. The molecule has 1 amide bonds. The number of amides is 1. The number of fused-ring (bicyclic) bond motifs is 2. The monoisotopic (exact) mass is 288 g/mol. The zero-order valence-electron chi connectivity index (χ0n) is 12.4. The molecule has 1 aliphatic heterocycles. The summed E-state index contributed by atoms with van der Waals surface area (Å²) in [6.45, 7) is 2.69. The first-order chi connectivity index (χ1) is 10.7. The highest BCUT2D eigenvalue weighted by molar-refractivity contribution is 6.11. The Balaban J connectivity index is 1.85. The second-order valence-electron chi connectivity index (χ2n) is 5.66. The number of hydrogen-bond donors (Lipinski definition) is 0. The summed E-state index contributed by atoms with van der Waals surface area (Å²) in [5, 5.41) is 1.03. The molecule has 1 aliphatic rings. The van der Waals surface area contributed by atoms with Crippen LogP contribution < -0.4 is 4.90 Å². The highest BCUT2D eigenvalue weighted by Crippen LogP contribution is 2.30. The number of benzene rings is 2. The van der Waals surface area contributed by atoms with Crippen LogP contribution in [0.15, 0.2) is 54.6 Å². The molecule has 1 aromatic heterocycles. The maximum Gasteiger partial charge on any atom is 0.258 e. The summed E-state index contributed by atoms with van der Waals surface area (Å²) in [5.74, 6) is 0.0786. The second kappa shape index (κ2) is 4.95. The van der Waals surface area contributed by atoms with Gasteiger partial charge in [0, 0.05) is 23.2 Å². The summed E-state index contributed by atoms with van der Waals surface area (Å²) < 4.78 is 0. The van der Waals surface area contributed by atoms with Gasteiger partial charge in [0.05, 0.1) is 11.2 Å². The van der Waals surface area contributed by atoms with E-state index in [9.17, 15) is 4.79 Å². The number of rotatable bonds is 1. The molecule has 2 aromatic carbocycles. The molecule has 3 nitrogen and oxygen atoms in total. The average molecular weight is 288 g/mol. The van der Waals surface area contributed by atoms with Crippen molar-refractivity contribution in [3.05, 3.63) is 71.4 Å². The van der Waals surface area contributed by atoms with Crippen LogP contribution >= 0.6 is 0 Å². The molecule has 22 heavy (non-hydrogen) atoms. The SMILES string of the molecule is Cc1ccc2c(N3CCc4ccccc4C3=O)cccc2n1. The first kappa shape index (κ1) is 13.0. The van der Waals surface area contributed by atoms with Crippen LogP contribution in [0.25, 0.3) is 10.9 Å². The quantitative estimate of drug-likeness (QED) is 0.683. The van der Waals surface area contributed by atoms with Crippen LogP contribution in [0.2, 0.25) is 0 Å². The molecular weight excluding hydrogens is 272 g/mol. The van der Waals surface area contributed by atoms with E-state index >= 15 is 0 Å². The number of aryl methyl sites for hydroxylation is 1. The summed E-state index contributed by atoms with van der Waals surface area (Å²) in [7, 11) is 0. The Morgan fingerprint density at radius 3 is 2.77 bits per heavy atom. The summed E-state index contributed by atoms with van der Waals surface area (Å²) in [6, 6.07) is 17.9. The third kappa shape index (κ3) is 1.98. The van der Waals surface area contributed by atoms with Crippen molar-refractivity contribution in [2.75, 3.05) is 11.4 Å². The molecule has 0 N–H and O–H groups in total. The first-order valence-corrected chi connectivity index (χ1v) is 7.50. The van der Waals surface area contributed by atoms with Crippen molar-refractivity contribution in [2.24, 2.45) is 0 Å². The number of anilines is 1. The van der Waals surface area contributed by atoms with Gasteiger partial charge in [-0.3, -0.25) is 9.78 Å². The summed E-state index contributed by atoms with van der Waals surface area (Å²) in [6.07, 6.45) is 0.886. The van der Waals surface area contributed by atoms with Crippen molar-refractivity contribution in [1.29, 1.82) is 0 Å². The van der Waals surface area contributed by atoms with Crippen LogP contribution in [0, 0.1) is 6.92 Å². The molecule has 0 saturated heterocycles. The molecule has 0 bridgehead atoms. The minimum Gasteiger partial charge on any atom is -0.307 e. The minimum atomic E-state index is 0.0786. The summed E-state index contributed by atoms with van der Waals surface area (Å²) >= 11 is 0. The molecule has 0 saturated carbocycles. The van der Waals surface area contributed by atoms with Crippen LogP contribution in [0.4, 0.5) is 5.69 Å². The van der Waals surface area contributed by atoms with E-state index in [0.29, 0.717) is 6.54 Å². The molecule has 3 heteroatoms. The molecule has 0 aliphatic carbocycles. The fourth-order valence-corrected chi connectivity index (χ4v) is 3.13. The molecule has 0 spiro atoms. The Morgan fingerprint density at radius 2 is 1.86 bits per heavy atom. The van der Waals surface area contributed by atoms with E-state index in [1.54, 1.807) is 0 Å². The summed E-state index contributed by atoms with van der Waals surface area (Å²) in [5.41, 5.74) is 4.82. The van der Waals surface area contributed by atoms with Gasteiger partial charge in [0.1, 0.15) is 0 Å². The van der Waals surface area contributed by atoms with Gasteiger partial charge in [-0.25, -0.2) is 0 Å². The van der Waals surface area contributed by atoms with Gasteiger partial charge in [0.25, 0.3) is 5.91 Å². The topological polar surface area (TPSA) is 33.2 Å². The van der Waals surface area contributed by atoms with Gasteiger partial charge in [-0.15, -0.1) is 0 Å². The zero-order chi connectivity index (χ0) is 15.1. The second-order valence-corrected chi connectivity index (χ2v) is 5.66. The van der Waals surface area contributed by atoms with E-state index in [2.05, 4.69) is 11.1 Å². The molecule has 3 aromatic rings. The highest BCUT2D eigenvalue weighted by Gasteiger charge is 2.26. The number of hydrogen-bond acceptors (Lipinski definition) is 2. The third-order valence-corrected chi connectivity index (χ3v) is 4.24. The Hall–Kier alpha value is -2.68. The van der Waals surface area contributed by atoms with Crippen LogP contribution in [0.5, 0.6) is 0 Å². The lowest BCUT2D eigenvalue weighted by Crippen LogP contribution is -2.37. The van der Waals surface area contributed by atoms with Gasteiger partial charge in [-0.1, -0.05) is 24.3 Å². The van der Waals surface area contributed by atoms with Gasteiger partial charge < -0.3 is 4.90 Å². The lowest BCUT2D eigenvalue weighted by Gasteiger charge is -2.29. The average Bonchev–Trinajstić information content (AvgIpc) is 2.55. The normalized spacial score (nSPS) is 14.2. The fourth-order valence-electron chi connectivity index (χ4n) is 3.13. The van der Waals surface area contributed by atoms with E-state index in [1.165, 1.54) is 0 Å². The minimum absolute atomic E-state index is 0.0786. The van der Waals surface area contributed by atoms with Crippen LogP contribution in [-0.2, 0) is 6.42 Å². The van der Waals surface area contributed by atoms with Crippen molar-refractivity contribution in [1.82, 2.24) is 4.98 Å². The molecule has 0 unspecified atom stereocenters. The molecular formula is C19H16N2O. The van der Waals surface area contributed by atoms with E-state index in [1.807, 2.05) is 60.4 Å². The number of carbonyl (C=O) groups excluding carboxylic acids is 1. The Morgan fingerprint density at radius 1 is 1.00 bits per heavy atom. The van der Waals surface area contributed by atoms with Gasteiger partial charge in [0.15, 0.2) is 0 Å². The summed E-state index contributed by atoms with van der Waals surface area (Å²) in [4.78, 5) is 19.3. The Labute approximate surface area is 129 Å². The van der Waals surface area contributed by atoms with Crippen LogP contribution in [-0.4, -0.2) is 17.4 Å². The number of aromatic nitrogens is 1. The zero-order valence-corrected chi connectivity index (χ0v) is 12.4. The van der Waals surface area contributed by atoms with Gasteiger partial charge >= 0.3 is 0 Å². The van der Waals surface area contributed by atoms with Crippen LogP contribution in [0.1, 0.15) is 21.6 Å². The Bertz CT molecular complexity index is 885. The van der Waals surface area contributed by atoms with Gasteiger partial charge in [0.2, 0.25) is 0 Å². The lowest BCUT2D eigenvalue weighted by molar-refractivity contribution is 0.0981. The number of carbonyl (C=O) groups is 1. The standard InChI is InChI=1S/C19H16N2O/c1-13-9-10-16-17(20-13)7-4-8-18(16)21-12-11-14-5-2-3-6-15(14)19(21)22/h2-10H,11-12H2,1H3. The van der Waals surface area contributed by atoms with E-state index in [0.717, 1.165) is 39.8 Å². The molecule has 0 fully saturated rings. The highest BCUT2D eigenvalue weighted by atomic mass is 16.2. The van der Waals surface area contributed by atoms with E-state index in [4.69, 9.17) is 0 Å². The molecule has 0 atom stereocenters. The fraction of sp³-hybridized carbons (Fsp3) is 0.158. The predicted octanol–water partition coefficient (Wildman–Crippen LogP) is 3.75. The van der Waals surface area contributed by atoms with E-state index in [-0.39, 0.29) is 5.91 Å². The lowest BCUT2D eigenvalue weighted by atomic mass is 9.98. The largest absolute Gasteiger partial charge is 0.307 e. The van der Waals surface area contributed by atoms with E-state index < -0.39 is 0 Å². The van der Waals surface area contributed by atoms with Crippen molar-refractivity contribution in [3.8, 4) is 0 Å². The third-order valence-electron chi connectivity index (χ3n) is 4.24. The molecule has 4 rings (SSSR count). The van der Waals surface area contributed by atoms with Crippen molar-refractivity contribution in [3.63, 3.8) is 0 Å². The van der Waals surface area contributed by atoms with Crippen LogP contribution in [0.3, 0.4) is 0 Å². The Kier molecular flexibility index (Phi) is 2.93. The van der Waals surface area contributed by atoms with Crippen molar-refractivity contribution < 1.29 is 4.79 Å². The number of nitrogens with zero attached hydrogens (tertiary/aromatic N) is 2. The maximum atomic E-state index is 12.8. The van der Waals surface area contributed by atoms with Gasteiger partial charge in [-0.05, 0) is 49.2 Å². The first-order valence-electron chi connectivity index (χ1n) is 7.50.